The Labute approximate surface area is 171 Å². The molecule has 0 aliphatic carbocycles. The number of ether oxygens (including phenoxy) is 2. The number of aromatic nitrogens is 4. The summed E-state index contributed by atoms with van der Waals surface area (Å²) >= 11 is 0. The molecule has 8 heteroatoms. The summed E-state index contributed by atoms with van der Waals surface area (Å²) in [6.45, 7) is 6.70. The zero-order chi connectivity index (χ0) is 20.4. The number of amides is 1. The molecule has 4 rings (SSSR count). The van der Waals surface area contributed by atoms with Crippen LogP contribution in [-0.2, 0) is 31.0 Å². The van der Waals surface area contributed by atoms with E-state index in [0.29, 0.717) is 37.9 Å². The van der Waals surface area contributed by atoms with E-state index in [1.54, 1.807) is 4.68 Å². The van der Waals surface area contributed by atoms with Gasteiger partial charge in [0.15, 0.2) is 5.69 Å². The molecule has 29 heavy (non-hydrogen) atoms. The Morgan fingerprint density at radius 2 is 2.00 bits per heavy atom. The number of hydrogen-bond acceptors (Lipinski definition) is 6. The van der Waals surface area contributed by atoms with Crippen LogP contribution in [0.3, 0.4) is 0 Å². The standard InChI is InChI=1S/C21H29N5O3/c1-4-19-22-17-8-12-28-11-7-16(17)20(23-19)29-15-5-9-26(10-6-15)21(27)18-13-14(2)25(3)24-18/h13,15H,4-12H2,1-3H3. The van der Waals surface area contributed by atoms with Crippen molar-refractivity contribution < 1.29 is 14.3 Å². The van der Waals surface area contributed by atoms with Gasteiger partial charge in [0.25, 0.3) is 5.91 Å². The summed E-state index contributed by atoms with van der Waals surface area (Å²) in [6.07, 6.45) is 3.99. The molecule has 1 fully saturated rings. The number of carbonyl (C=O) groups excluding carboxylic acids is 1. The van der Waals surface area contributed by atoms with E-state index in [2.05, 4.69) is 17.0 Å². The Bertz CT molecular complexity index is 867. The maximum Gasteiger partial charge on any atom is 0.274 e. The van der Waals surface area contributed by atoms with Gasteiger partial charge in [-0.2, -0.15) is 10.1 Å². The highest BCUT2D eigenvalue weighted by atomic mass is 16.5. The molecule has 4 heterocycles. The summed E-state index contributed by atoms with van der Waals surface area (Å²) in [7, 11) is 1.85. The third kappa shape index (κ3) is 4.27. The normalized spacial score (nSPS) is 17.7. The molecular weight excluding hydrogens is 370 g/mol. The van der Waals surface area contributed by atoms with Gasteiger partial charge in [0.1, 0.15) is 11.9 Å². The molecule has 8 nitrogen and oxygen atoms in total. The summed E-state index contributed by atoms with van der Waals surface area (Å²) in [5.41, 5.74) is 3.63. The lowest BCUT2D eigenvalue weighted by Gasteiger charge is -2.32. The number of carbonyl (C=O) groups is 1. The fraction of sp³-hybridized carbons (Fsp3) is 0.619. The van der Waals surface area contributed by atoms with Gasteiger partial charge in [-0.05, 0) is 13.0 Å². The van der Waals surface area contributed by atoms with Crippen molar-refractivity contribution >= 4 is 5.91 Å². The molecular formula is C21H29N5O3. The Kier molecular flexibility index (Phi) is 5.80. The lowest BCUT2D eigenvalue weighted by atomic mass is 10.1. The van der Waals surface area contributed by atoms with Gasteiger partial charge in [-0.1, -0.05) is 6.92 Å². The van der Waals surface area contributed by atoms with Gasteiger partial charge in [0, 0.05) is 63.5 Å². The second-order valence-electron chi connectivity index (χ2n) is 7.74. The van der Waals surface area contributed by atoms with Crippen LogP contribution in [0, 0.1) is 6.92 Å². The highest BCUT2D eigenvalue weighted by molar-refractivity contribution is 5.92. The molecule has 2 aliphatic rings. The van der Waals surface area contributed by atoms with Gasteiger partial charge in [-0.3, -0.25) is 9.48 Å². The monoisotopic (exact) mass is 399 g/mol. The molecule has 0 unspecified atom stereocenters. The maximum absolute atomic E-state index is 12.7. The smallest absolute Gasteiger partial charge is 0.274 e. The minimum absolute atomic E-state index is 0.00605. The van der Waals surface area contributed by atoms with E-state index in [9.17, 15) is 4.79 Å². The first-order valence-corrected chi connectivity index (χ1v) is 10.5. The fourth-order valence-electron chi connectivity index (χ4n) is 3.88. The lowest BCUT2D eigenvalue weighted by molar-refractivity contribution is 0.0578. The van der Waals surface area contributed by atoms with E-state index >= 15 is 0 Å². The van der Waals surface area contributed by atoms with Crippen LogP contribution in [0.15, 0.2) is 6.07 Å². The van der Waals surface area contributed by atoms with E-state index in [0.717, 1.165) is 54.9 Å². The van der Waals surface area contributed by atoms with Crippen LogP contribution < -0.4 is 4.74 Å². The highest BCUT2D eigenvalue weighted by Gasteiger charge is 2.28. The van der Waals surface area contributed by atoms with E-state index in [1.165, 1.54) is 0 Å². The minimum atomic E-state index is -0.00605. The van der Waals surface area contributed by atoms with Crippen LogP contribution >= 0.6 is 0 Å². The molecule has 0 radical (unpaired) electrons. The van der Waals surface area contributed by atoms with Gasteiger partial charge in [0.2, 0.25) is 5.88 Å². The predicted octanol–water partition coefficient (Wildman–Crippen LogP) is 1.88. The molecule has 2 aromatic heterocycles. The van der Waals surface area contributed by atoms with Gasteiger partial charge in [-0.25, -0.2) is 4.98 Å². The molecule has 2 aromatic rings. The average molecular weight is 399 g/mol. The van der Waals surface area contributed by atoms with Crippen molar-refractivity contribution in [2.24, 2.45) is 7.05 Å². The third-order valence-corrected chi connectivity index (χ3v) is 5.74. The van der Waals surface area contributed by atoms with Gasteiger partial charge in [0.05, 0.1) is 18.9 Å². The zero-order valence-corrected chi connectivity index (χ0v) is 17.5. The largest absolute Gasteiger partial charge is 0.474 e. The van der Waals surface area contributed by atoms with E-state index < -0.39 is 0 Å². The van der Waals surface area contributed by atoms with Gasteiger partial charge >= 0.3 is 0 Å². The zero-order valence-electron chi connectivity index (χ0n) is 17.5. The van der Waals surface area contributed by atoms with Crippen LogP contribution in [0.2, 0.25) is 0 Å². The number of hydrogen-bond donors (Lipinski definition) is 0. The molecule has 0 atom stereocenters. The van der Waals surface area contributed by atoms with E-state index in [1.807, 2.05) is 24.9 Å². The molecule has 1 amide bonds. The van der Waals surface area contributed by atoms with E-state index in [-0.39, 0.29) is 12.0 Å². The number of likely N-dealkylation sites (tertiary alicyclic amines) is 1. The topological polar surface area (TPSA) is 82.4 Å². The molecule has 1 saturated heterocycles. The summed E-state index contributed by atoms with van der Waals surface area (Å²) < 4.78 is 13.7. The third-order valence-electron chi connectivity index (χ3n) is 5.74. The predicted molar refractivity (Wildman–Crippen MR) is 107 cm³/mol. The number of aryl methyl sites for hydroxylation is 3. The van der Waals surface area contributed by atoms with Crippen molar-refractivity contribution in [1.82, 2.24) is 24.6 Å². The Morgan fingerprint density at radius 1 is 1.24 bits per heavy atom. The van der Waals surface area contributed by atoms with Gasteiger partial charge < -0.3 is 14.4 Å². The van der Waals surface area contributed by atoms with Crippen LogP contribution in [-0.4, -0.2) is 63.0 Å². The minimum Gasteiger partial charge on any atom is -0.474 e. The number of fused-ring (bicyclic) bond motifs is 1. The van der Waals surface area contributed by atoms with Crippen LogP contribution in [0.25, 0.3) is 0 Å². The highest BCUT2D eigenvalue weighted by Crippen LogP contribution is 2.26. The number of rotatable bonds is 4. The average Bonchev–Trinajstić information content (AvgIpc) is 2.92. The van der Waals surface area contributed by atoms with Crippen LogP contribution in [0.5, 0.6) is 5.88 Å². The summed E-state index contributed by atoms with van der Waals surface area (Å²) in [4.78, 5) is 23.9. The van der Waals surface area contributed by atoms with Gasteiger partial charge in [-0.15, -0.1) is 0 Å². The van der Waals surface area contributed by atoms with E-state index in [4.69, 9.17) is 14.5 Å². The first-order valence-electron chi connectivity index (χ1n) is 10.5. The lowest BCUT2D eigenvalue weighted by Crippen LogP contribution is -2.42. The first kappa shape index (κ1) is 19.8. The first-order chi connectivity index (χ1) is 14.0. The molecule has 0 aromatic carbocycles. The SMILES string of the molecule is CCc1nc2c(c(OC3CCN(C(=O)c4cc(C)n(C)n4)CC3)n1)CCOCC2. The Hall–Kier alpha value is -2.48. The molecule has 156 valence electrons. The second-order valence-corrected chi connectivity index (χ2v) is 7.74. The molecule has 2 aliphatic heterocycles. The van der Waals surface area contributed by atoms with Crippen molar-refractivity contribution in [3.05, 3.63) is 34.5 Å². The Balaban J connectivity index is 1.43. The quantitative estimate of drug-likeness (QED) is 0.781. The molecule has 0 spiro atoms. The van der Waals surface area contributed by atoms with Crippen molar-refractivity contribution in [1.29, 1.82) is 0 Å². The summed E-state index contributed by atoms with van der Waals surface area (Å²) in [5.74, 6) is 1.52. The van der Waals surface area contributed by atoms with Crippen LogP contribution in [0.1, 0.15) is 53.0 Å². The van der Waals surface area contributed by atoms with Crippen molar-refractivity contribution in [3.63, 3.8) is 0 Å². The molecule has 0 saturated carbocycles. The van der Waals surface area contributed by atoms with Crippen LogP contribution in [0.4, 0.5) is 0 Å². The summed E-state index contributed by atoms with van der Waals surface area (Å²) in [6, 6.07) is 1.84. The Morgan fingerprint density at radius 3 is 2.69 bits per heavy atom. The number of piperidine rings is 1. The second kappa shape index (κ2) is 8.49. The summed E-state index contributed by atoms with van der Waals surface area (Å²) in [5, 5.41) is 4.31. The molecule has 0 bridgehead atoms. The number of nitrogens with zero attached hydrogens (tertiary/aromatic N) is 5. The molecule has 0 N–H and O–H groups in total. The fourth-order valence-corrected chi connectivity index (χ4v) is 3.88. The van der Waals surface area contributed by atoms with Crippen molar-refractivity contribution in [2.75, 3.05) is 26.3 Å². The maximum atomic E-state index is 12.7. The van der Waals surface area contributed by atoms with Crippen molar-refractivity contribution in [3.8, 4) is 5.88 Å². The van der Waals surface area contributed by atoms with Crippen molar-refractivity contribution in [2.45, 2.75) is 52.1 Å².